The molecule has 4 aromatic carbocycles. The molecule has 12 aromatic heterocycles. The van der Waals surface area contributed by atoms with Crippen molar-refractivity contribution in [3.63, 3.8) is 0 Å². The van der Waals surface area contributed by atoms with E-state index in [4.69, 9.17) is 24.7 Å². The summed E-state index contributed by atoms with van der Waals surface area (Å²) in [4.78, 5) is 66.5. The number of fused-ring (bicyclic) bond motifs is 12. The highest BCUT2D eigenvalue weighted by Crippen LogP contribution is 2.41. The number of hydrogen-bond acceptors (Lipinski definition) is 28. The minimum Gasteiger partial charge on any atom is -0.378 e. The molecule has 0 spiro atoms. The Bertz CT molecular complexity index is 6350. The van der Waals surface area contributed by atoms with Gasteiger partial charge in [0.2, 0.25) is 23.8 Å². The van der Waals surface area contributed by atoms with E-state index in [1.54, 1.807) is 12.4 Å². The van der Waals surface area contributed by atoms with Gasteiger partial charge in [-0.3, -0.25) is 18.7 Å². The maximum atomic E-state index is 14.7. The van der Waals surface area contributed by atoms with Gasteiger partial charge in [0.25, 0.3) is 0 Å². The molecule has 4 aliphatic heterocycles. The highest BCUT2D eigenvalue weighted by molar-refractivity contribution is 6.06. The molecule has 120 heavy (non-hydrogen) atoms. The van der Waals surface area contributed by atoms with Crippen LogP contribution in [-0.2, 0) is 17.8 Å². The molecule has 2 aliphatic carbocycles. The molecule has 22 rings (SSSR count). The summed E-state index contributed by atoms with van der Waals surface area (Å²) in [5.41, 5.74) is 14.1. The van der Waals surface area contributed by atoms with Crippen molar-refractivity contribution < 1.29 is 9.13 Å². The number of hydrogen-bond donors (Lipinski definition) is 6. The van der Waals surface area contributed by atoms with Crippen LogP contribution < -0.4 is 51.5 Å². The Morgan fingerprint density at radius 1 is 0.375 bits per heavy atom. The molecule has 0 amide bonds. The first-order chi connectivity index (χ1) is 58.0. The third-order valence-corrected chi connectivity index (χ3v) is 22.5. The fraction of sp³-hybridized carbons (Fsp3) is 0.341. The van der Waals surface area contributed by atoms with Gasteiger partial charge >= 0.3 is 0 Å². The lowest BCUT2D eigenvalue weighted by Crippen LogP contribution is -2.44. The van der Waals surface area contributed by atoms with Crippen molar-refractivity contribution in [1.29, 1.82) is 0 Å². The lowest BCUT2D eigenvalue weighted by atomic mass is 10.2. The van der Waals surface area contributed by atoms with E-state index < -0.39 is 0 Å². The lowest BCUT2D eigenvalue weighted by molar-refractivity contribution is 0.122. The number of aryl methyl sites for hydroxylation is 4. The fourth-order valence-electron chi connectivity index (χ4n) is 15.9. The van der Waals surface area contributed by atoms with E-state index in [9.17, 15) is 4.39 Å². The molecule has 0 bridgehead atoms. The normalized spacial score (nSPS) is 15.8. The Balaban J connectivity index is 0.000000114. The Kier molecular flexibility index (Phi) is 23.4. The zero-order valence-electron chi connectivity index (χ0n) is 67.4. The molecule has 4 saturated heterocycles. The first-order valence-electron chi connectivity index (χ1n) is 40.8. The molecule has 616 valence electrons. The predicted octanol–water partition coefficient (Wildman–Crippen LogP) is 13.2. The molecule has 0 radical (unpaired) electrons. The number of benzene rings is 4. The highest BCUT2D eigenvalue weighted by atomic mass is 35.5. The smallest absolute Gasteiger partial charge is 0.228 e. The van der Waals surface area contributed by atoms with Gasteiger partial charge < -0.3 is 61.1 Å². The van der Waals surface area contributed by atoms with Crippen molar-refractivity contribution in [2.45, 2.75) is 78.6 Å². The van der Waals surface area contributed by atoms with Gasteiger partial charge in [-0.05, 0) is 95.8 Å². The number of pyridine rings is 4. The van der Waals surface area contributed by atoms with E-state index in [0.717, 1.165) is 252 Å². The van der Waals surface area contributed by atoms with E-state index in [1.807, 2.05) is 113 Å². The van der Waals surface area contributed by atoms with Crippen LogP contribution in [0, 0.1) is 19.7 Å². The number of rotatable bonds is 16. The van der Waals surface area contributed by atoms with Gasteiger partial charge in [0.15, 0.2) is 5.82 Å². The van der Waals surface area contributed by atoms with Crippen molar-refractivity contribution in [3.8, 4) is 0 Å². The van der Waals surface area contributed by atoms with Gasteiger partial charge in [0.1, 0.15) is 45.3 Å². The number of anilines is 12. The van der Waals surface area contributed by atoms with Crippen LogP contribution in [0.2, 0.25) is 0 Å². The number of piperazine rings is 3. The topological polar surface area (TPSA) is 324 Å². The monoisotopic (exact) mass is 1650 g/mol. The van der Waals surface area contributed by atoms with Crippen LogP contribution in [0.4, 0.5) is 74.2 Å². The quantitative estimate of drug-likeness (QED) is 0.0523. The number of ether oxygens (including phenoxy) is 1. The summed E-state index contributed by atoms with van der Waals surface area (Å²) in [5, 5.41) is 45.8. The van der Waals surface area contributed by atoms with E-state index in [0.29, 0.717) is 47.4 Å². The second-order valence-corrected chi connectivity index (χ2v) is 30.6. The van der Waals surface area contributed by atoms with E-state index >= 15 is 0 Å². The first kappa shape index (κ1) is 79.9. The van der Waals surface area contributed by atoms with Crippen LogP contribution in [0.1, 0.15) is 62.7 Å². The molecule has 6 fully saturated rings. The van der Waals surface area contributed by atoms with Gasteiger partial charge in [0.05, 0.1) is 120 Å². The van der Waals surface area contributed by atoms with Crippen LogP contribution in [0.25, 0.3) is 87.2 Å². The van der Waals surface area contributed by atoms with Gasteiger partial charge in [-0.25, -0.2) is 64.2 Å². The number of halogens is 3. The lowest BCUT2D eigenvalue weighted by Gasteiger charge is -2.34. The van der Waals surface area contributed by atoms with Gasteiger partial charge in [0, 0.05) is 179 Å². The third kappa shape index (κ3) is 17.0. The Hall–Kier alpha value is -12.5. The van der Waals surface area contributed by atoms with E-state index in [-0.39, 0.29) is 30.6 Å². The average Bonchev–Trinajstić information content (AvgIpc) is 1.60. The number of likely N-dealkylation sites (N-methyl/N-ethyl adjacent to an activating group) is 1. The largest absolute Gasteiger partial charge is 0.378 e. The Morgan fingerprint density at radius 3 is 1.15 bits per heavy atom. The van der Waals surface area contributed by atoms with Crippen LogP contribution in [0.5, 0.6) is 0 Å². The van der Waals surface area contributed by atoms with Crippen LogP contribution in [-0.4, -0.2) is 216 Å². The van der Waals surface area contributed by atoms with Crippen molar-refractivity contribution in [2.75, 3.05) is 153 Å². The average molecular weight is 1660 g/mol. The molecule has 0 atom stereocenters. The van der Waals surface area contributed by atoms with Crippen molar-refractivity contribution >= 4 is 182 Å². The zero-order valence-corrected chi connectivity index (χ0v) is 69.1. The highest BCUT2D eigenvalue weighted by Gasteiger charge is 2.29. The second-order valence-electron chi connectivity index (χ2n) is 30.6. The van der Waals surface area contributed by atoms with Gasteiger partial charge in [-0.15, -0.1) is 24.8 Å². The molecule has 35 heteroatoms. The molecule has 6 N–H and O–H groups in total. The summed E-state index contributed by atoms with van der Waals surface area (Å²) in [6.45, 7) is 24.7. The summed E-state index contributed by atoms with van der Waals surface area (Å²) in [6.07, 6.45) is 26.9. The van der Waals surface area contributed by atoms with E-state index in [2.05, 4.69) is 192 Å². The zero-order chi connectivity index (χ0) is 79.7. The fourth-order valence-corrected chi connectivity index (χ4v) is 15.9. The maximum absolute atomic E-state index is 14.7. The minimum atomic E-state index is -0.301. The summed E-state index contributed by atoms with van der Waals surface area (Å²) >= 11 is 0. The second kappa shape index (κ2) is 35.2. The van der Waals surface area contributed by atoms with Gasteiger partial charge in [-0.2, -0.15) is 20.4 Å². The molecule has 2 saturated carbocycles. The summed E-state index contributed by atoms with van der Waals surface area (Å²) in [7, 11) is 2.17. The standard InChI is InChI=1S/C22H26N8.C21H21FN8.C21H22N8.C21H23N7O.2ClH/c1-4-30-21-17(13-25-30)6-5-16-12-24-22(27-20(16)21)26-19-11-15(2)18(14-23-19)29-9-7-28(3)8-10-29;22-16-9-18(24-12-17(16)29-7-5-23-6-8-29)27-21-25-10-13-1-2-14-11-26-30(15-3-4-15)20(14)19(13)28-21;1-2-15-12-25-29(16-3-4-16)20(15)19-14(1)11-24-21(27-19)26-18-6-5-17(13-23-18)28-9-7-22-8-10-28;1-3-28-20-16(12-24-28)5-4-15-11-23-21(26-19(15)20)25-18-10-14(2)17(13-22-18)27-6-8-29-9-7-27;;/h5-6,11-14H,4,7-10H2,1-3H3,(H,23,24,26,27);1-2,9-12,15,23H,3-8H2,(H,24,25,27,28);1-2,5-6,11-13,16,22H,3-4,7-10H2,(H,23,24,26,27);4-5,10-13H,3,6-9H2,1-2H3,(H,22,23,25,26);2*1H. The molecule has 32 nitrogen and oxygen atoms in total. The number of aromatic nitrogens is 20. The minimum absolute atomic E-state index is 0. The summed E-state index contributed by atoms with van der Waals surface area (Å²) < 4.78 is 28.3. The number of nitrogens with one attached hydrogen (secondary N) is 6. The van der Waals surface area contributed by atoms with Crippen LogP contribution in [0.15, 0.2) is 153 Å². The van der Waals surface area contributed by atoms with Gasteiger partial charge in [-0.1, -0.05) is 48.5 Å². The molecular formula is C85H94Cl2FN31O. The van der Waals surface area contributed by atoms with Crippen molar-refractivity contribution in [3.05, 3.63) is 170 Å². The van der Waals surface area contributed by atoms with Crippen LogP contribution in [0.3, 0.4) is 0 Å². The number of morpholine rings is 1. The first-order valence-corrected chi connectivity index (χ1v) is 40.8. The molecule has 16 aromatic rings. The Morgan fingerprint density at radius 2 is 0.742 bits per heavy atom. The molecule has 16 heterocycles. The van der Waals surface area contributed by atoms with E-state index in [1.165, 1.54) is 30.2 Å². The molecular weight excluding hydrogens is 1560 g/mol. The van der Waals surface area contributed by atoms with Crippen molar-refractivity contribution in [2.24, 2.45) is 0 Å². The molecule has 6 aliphatic rings. The third-order valence-electron chi connectivity index (χ3n) is 22.5. The summed E-state index contributed by atoms with van der Waals surface area (Å²) in [6, 6.07) is 26.9. The predicted molar refractivity (Wildman–Crippen MR) is 476 cm³/mol. The summed E-state index contributed by atoms with van der Waals surface area (Å²) in [5.74, 6) is 4.31. The Labute approximate surface area is 703 Å². The maximum Gasteiger partial charge on any atom is 0.228 e. The molecule has 0 unspecified atom stereocenters. The van der Waals surface area contributed by atoms with Crippen molar-refractivity contribution in [1.82, 2.24) is 114 Å². The SMILES string of the molecule is CCn1ncc2ccc3cnc(Nc4cc(C)c(N5CCN(C)CC5)cn4)nc3c21.CCn1ncc2ccc3cnc(Nc4cc(C)c(N5CCOCC5)cn4)nc3c21.Cl.Cl.Fc1cc(Nc2ncc3ccc4cnn(C5CC5)c4c3n2)ncc1N1CCNCC1.c1cc(Nc2ncc3ccc4cnn(C5CC5)c4c3n2)ncc1N1CCNCC1. The number of nitrogens with zero attached hydrogens (tertiary/aromatic N) is 25. The van der Waals surface area contributed by atoms with Crippen LogP contribution >= 0.6 is 24.8 Å².